The first kappa shape index (κ1) is 22.2. The SMILES string of the molecule is CC(=O)N1CC[C@H](Nc2cc(C(=O)NC[C@H](O)CN3CCc4ccccc4C3)ncn2)C1. The number of benzene rings is 1. The number of carbonyl (C=O) groups is 2. The van der Waals surface area contributed by atoms with E-state index in [1.54, 1.807) is 17.9 Å². The van der Waals surface area contributed by atoms with Crippen molar-refractivity contribution in [2.75, 3.05) is 38.0 Å². The van der Waals surface area contributed by atoms with Crippen molar-refractivity contribution in [3.63, 3.8) is 0 Å². The van der Waals surface area contributed by atoms with Crippen LogP contribution in [0, 0.1) is 0 Å². The molecule has 32 heavy (non-hydrogen) atoms. The summed E-state index contributed by atoms with van der Waals surface area (Å²) in [6.07, 6.45) is 2.48. The van der Waals surface area contributed by atoms with Gasteiger partial charge in [-0.2, -0.15) is 0 Å². The van der Waals surface area contributed by atoms with Crippen LogP contribution in [-0.4, -0.2) is 81.6 Å². The summed E-state index contributed by atoms with van der Waals surface area (Å²) in [5, 5.41) is 16.5. The van der Waals surface area contributed by atoms with Crippen LogP contribution >= 0.6 is 0 Å². The number of anilines is 1. The average Bonchev–Trinajstić information content (AvgIpc) is 3.26. The number of fused-ring (bicyclic) bond motifs is 1. The number of aliphatic hydroxyl groups excluding tert-OH is 1. The summed E-state index contributed by atoms with van der Waals surface area (Å²) in [5.74, 6) is 0.257. The molecule has 1 fully saturated rings. The lowest BCUT2D eigenvalue weighted by atomic mass is 10.00. The second-order valence-electron chi connectivity index (χ2n) is 8.50. The first-order valence-electron chi connectivity index (χ1n) is 11.1. The van der Waals surface area contributed by atoms with Gasteiger partial charge in [0.15, 0.2) is 0 Å². The Labute approximate surface area is 187 Å². The van der Waals surface area contributed by atoms with E-state index in [-0.39, 0.29) is 30.1 Å². The molecule has 0 bridgehead atoms. The maximum atomic E-state index is 12.5. The van der Waals surface area contributed by atoms with E-state index in [4.69, 9.17) is 0 Å². The predicted octanol–water partition coefficient (Wildman–Crippen LogP) is 0.658. The van der Waals surface area contributed by atoms with Gasteiger partial charge in [-0.25, -0.2) is 9.97 Å². The van der Waals surface area contributed by atoms with E-state index in [1.165, 1.54) is 17.5 Å². The van der Waals surface area contributed by atoms with Crippen molar-refractivity contribution < 1.29 is 14.7 Å². The van der Waals surface area contributed by atoms with Crippen LogP contribution in [0.2, 0.25) is 0 Å². The van der Waals surface area contributed by atoms with E-state index in [0.29, 0.717) is 25.5 Å². The fourth-order valence-corrected chi connectivity index (χ4v) is 4.31. The number of β-amino-alcohol motifs (C(OH)–C–C–N with tert-alkyl or cyclic N) is 1. The van der Waals surface area contributed by atoms with Crippen LogP contribution in [0.3, 0.4) is 0 Å². The Morgan fingerprint density at radius 1 is 1.22 bits per heavy atom. The Kier molecular flexibility index (Phi) is 6.96. The molecule has 0 saturated carbocycles. The van der Waals surface area contributed by atoms with Crippen LogP contribution in [0.5, 0.6) is 0 Å². The summed E-state index contributed by atoms with van der Waals surface area (Å²) >= 11 is 0. The van der Waals surface area contributed by atoms with Crippen molar-refractivity contribution in [2.45, 2.75) is 38.5 Å². The first-order chi connectivity index (χ1) is 15.5. The molecule has 0 radical (unpaired) electrons. The van der Waals surface area contributed by atoms with E-state index in [1.807, 2.05) is 6.07 Å². The van der Waals surface area contributed by atoms with Gasteiger partial charge in [0.1, 0.15) is 17.8 Å². The van der Waals surface area contributed by atoms with Crippen molar-refractivity contribution in [1.82, 2.24) is 25.1 Å². The predicted molar refractivity (Wildman–Crippen MR) is 120 cm³/mol. The quantitative estimate of drug-likeness (QED) is 0.582. The number of nitrogens with zero attached hydrogens (tertiary/aromatic N) is 4. The highest BCUT2D eigenvalue weighted by molar-refractivity contribution is 5.92. The number of hydrogen-bond acceptors (Lipinski definition) is 7. The molecule has 2 aliphatic rings. The maximum absolute atomic E-state index is 12.5. The molecule has 9 nitrogen and oxygen atoms in total. The van der Waals surface area contributed by atoms with Gasteiger partial charge in [0.25, 0.3) is 5.91 Å². The summed E-state index contributed by atoms with van der Waals surface area (Å²) in [7, 11) is 0. The topological polar surface area (TPSA) is 111 Å². The number of carbonyl (C=O) groups excluding carboxylic acids is 2. The number of aromatic nitrogens is 2. The molecule has 2 aromatic rings. The van der Waals surface area contributed by atoms with Gasteiger partial charge in [-0.05, 0) is 24.0 Å². The number of hydrogen-bond donors (Lipinski definition) is 3. The molecule has 170 valence electrons. The lowest BCUT2D eigenvalue weighted by Gasteiger charge is -2.30. The zero-order valence-corrected chi connectivity index (χ0v) is 18.3. The molecule has 1 saturated heterocycles. The molecule has 1 aromatic heterocycles. The third-order valence-corrected chi connectivity index (χ3v) is 6.06. The largest absolute Gasteiger partial charge is 0.390 e. The zero-order valence-electron chi connectivity index (χ0n) is 18.3. The molecule has 3 heterocycles. The molecule has 4 rings (SSSR count). The highest BCUT2D eigenvalue weighted by Gasteiger charge is 2.24. The van der Waals surface area contributed by atoms with Crippen LogP contribution in [0.15, 0.2) is 36.7 Å². The van der Waals surface area contributed by atoms with Gasteiger partial charge in [0.2, 0.25) is 5.91 Å². The van der Waals surface area contributed by atoms with Crippen molar-refractivity contribution in [2.24, 2.45) is 0 Å². The van der Waals surface area contributed by atoms with Crippen LogP contribution < -0.4 is 10.6 Å². The fourth-order valence-electron chi connectivity index (χ4n) is 4.31. The molecule has 0 spiro atoms. The normalized spacial score (nSPS) is 19.3. The summed E-state index contributed by atoms with van der Waals surface area (Å²) in [6.45, 7) is 5.25. The van der Waals surface area contributed by atoms with Crippen molar-refractivity contribution >= 4 is 17.6 Å². The molecular weight excluding hydrogens is 408 g/mol. The lowest BCUT2D eigenvalue weighted by molar-refractivity contribution is -0.127. The minimum absolute atomic E-state index is 0.0596. The summed E-state index contributed by atoms with van der Waals surface area (Å²) in [6, 6.07) is 10.1. The van der Waals surface area contributed by atoms with Crippen molar-refractivity contribution in [1.29, 1.82) is 0 Å². The maximum Gasteiger partial charge on any atom is 0.270 e. The average molecular weight is 439 g/mol. The summed E-state index contributed by atoms with van der Waals surface area (Å²) < 4.78 is 0. The lowest BCUT2D eigenvalue weighted by Crippen LogP contribution is -2.42. The molecule has 3 N–H and O–H groups in total. The second-order valence-corrected chi connectivity index (χ2v) is 8.50. The third-order valence-electron chi connectivity index (χ3n) is 6.06. The molecule has 9 heteroatoms. The van der Waals surface area contributed by atoms with E-state index in [0.717, 1.165) is 25.9 Å². The van der Waals surface area contributed by atoms with Crippen LogP contribution in [0.4, 0.5) is 5.82 Å². The number of amides is 2. The molecule has 1 aromatic carbocycles. The van der Waals surface area contributed by atoms with Gasteiger partial charge in [-0.15, -0.1) is 0 Å². The Morgan fingerprint density at radius 3 is 2.81 bits per heavy atom. The Balaban J connectivity index is 1.24. The highest BCUT2D eigenvalue weighted by Crippen LogP contribution is 2.18. The summed E-state index contributed by atoms with van der Waals surface area (Å²) in [4.78, 5) is 36.3. The molecule has 0 unspecified atom stereocenters. The minimum Gasteiger partial charge on any atom is -0.390 e. The van der Waals surface area contributed by atoms with E-state index in [2.05, 4.69) is 43.7 Å². The molecule has 2 amide bonds. The van der Waals surface area contributed by atoms with Gasteiger partial charge in [0, 0.05) is 58.3 Å². The third kappa shape index (κ3) is 5.60. The van der Waals surface area contributed by atoms with Crippen LogP contribution in [0.1, 0.15) is 35.0 Å². The second kappa shape index (κ2) is 10.1. The smallest absolute Gasteiger partial charge is 0.270 e. The van der Waals surface area contributed by atoms with E-state index < -0.39 is 6.10 Å². The fraction of sp³-hybridized carbons (Fsp3) is 0.478. The van der Waals surface area contributed by atoms with Gasteiger partial charge in [-0.3, -0.25) is 14.5 Å². The molecular formula is C23H30N6O3. The monoisotopic (exact) mass is 438 g/mol. The van der Waals surface area contributed by atoms with Crippen molar-refractivity contribution in [3.8, 4) is 0 Å². The molecule has 2 atom stereocenters. The van der Waals surface area contributed by atoms with E-state index >= 15 is 0 Å². The Hall–Kier alpha value is -3.04. The van der Waals surface area contributed by atoms with Gasteiger partial charge >= 0.3 is 0 Å². The molecule has 0 aliphatic carbocycles. The number of rotatable bonds is 7. The summed E-state index contributed by atoms with van der Waals surface area (Å²) in [5.41, 5.74) is 2.90. The minimum atomic E-state index is -0.667. The van der Waals surface area contributed by atoms with Gasteiger partial charge < -0.3 is 20.6 Å². The number of aliphatic hydroxyl groups is 1. The number of likely N-dealkylation sites (tertiary alicyclic amines) is 1. The van der Waals surface area contributed by atoms with E-state index in [9.17, 15) is 14.7 Å². The number of nitrogens with one attached hydrogen (secondary N) is 2. The van der Waals surface area contributed by atoms with Gasteiger partial charge in [0.05, 0.1) is 6.10 Å². The first-order valence-corrected chi connectivity index (χ1v) is 11.1. The van der Waals surface area contributed by atoms with Gasteiger partial charge in [-0.1, -0.05) is 24.3 Å². The van der Waals surface area contributed by atoms with Crippen LogP contribution in [0.25, 0.3) is 0 Å². The zero-order chi connectivity index (χ0) is 22.5. The Bertz CT molecular complexity index is 968. The molecule has 2 aliphatic heterocycles. The standard InChI is InChI=1S/C23H30N6O3/c1-16(30)29-9-7-19(13-29)27-22-10-21(25-15-26-22)23(32)24-11-20(31)14-28-8-6-17-4-2-3-5-18(17)12-28/h2-5,10,15,19-20,31H,6-9,11-14H2,1H3,(H,24,32)(H,25,26,27)/t19-,20-/m0/s1. The Morgan fingerprint density at radius 2 is 2.03 bits per heavy atom. The van der Waals surface area contributed by atoms with Crippen LogP contribution in [-0.2, 0) is 17.8 Å². The van der Waals surface area contributed by atoms with Crippen molar-refractivity contribution in [3.05, 3.63) is 53.5 Å². The highest BCUT2D eigenvalue weighted by atomic mass is 16.3.